The molecule has 0 saturated carbocycles. The lowest BCUT2D eigenvalue weighted by atomic mass is 10.1. The number of urea groups is 1. The van der Waals surface area contributed by atoms with Gasteiger partial charge >= 0.3 is 12.0 Å². The van der Waals surface area contributed by atoms with Crippen LogP contribution in [0.4, 0.5) is 4.79 Å². The summed E-state index contributed by atoms with van der Waals surface area (Å²) >= 11 is 0. The van der Waals surface area contributed by atoms with Gasteiger partial charge in [-0.2, -0.15) is 5.10 Å². The molecule has 0 atom stereocenters. The Bertz CT molecular complexity index is 1030. The van der Waals surface area contributed by atoms with Crippen LogP contribution in [-0.2, 0) is 16.1 Å². The number of carbonyl (C=O) groups is 3. The molecule has 0 aliphatic heterocycles. The largest absolute Gasteiger partial charge is 0.452 e. The lowest BCUT2D eigenvalue weighted by Gasteiger charge is -2.07. The summed E-state index contributed by atoms with van der Waals surface area (Å²) in [6, 6.07) is 18.4. The van der Waals surface area contributed by atoms with Gasteiger partial charge in [0, 0.05) is 18.3 Å². The molecule has 8 heteroatoms. The predicted molar refractivity (Wildman–Crippen MR) is 115 cm³/mol. The molecule has 160 valence electrons. The number of nitrogens with one attached hydrogen (secondary N) is 2. The minimum atomic E-state index is -0.708. The summed E-state index contributed by atoms with van der Waals surface area (Å²) in [4.78, 5) is 36.1. The molecule has 3 aromatic rings. The fraction of sp³-hybridized carbons (Fsp3) is 0.217. The summed E-state index contributed by atoms with van der Waals surface area (Å²) in [5.74, 6) is -1.40. The number of hydrogen-bond donors (Lipinski definition) is 2. The highest BCUT2D eigenvalue weighted by atomic mass is 16.5. The second kappa shape index (κ2) is 10.7. The van der Waals surface area contributed by atoms with Crippen molar-refractivity contribution in [2.75, 3.05) is 13.2 Å². The lowest BCUT2D eigenvalue weighted by molar-refractivity contribution is -0.123. The van der Waals surface area contributed by atoms with E-state index in [1.165, 1.54) is 0 Å². The van der Waals surface area contributed by atoms with Crippen LogP contribution in [0.1, 0.15) is 29.3 Å². The molecule has 3 amide bonds. The van der Waals surface area contributed by atoms with Crippen LogP contribution in [0.15, 0.2) is 66.9 Å². The molecule has 2 aromatic carbocycles. The molecule has 0 spiro atoms. The summed E-state index contributed by atoms with van der Waals surface area (Å²) in [5.41, 5.74) is 2.49. The van der Waals surface area contributed by atoms with Crippen LogP contribution in [0.25, 0.3) is 11.3 Å². The van der Waals surface area contributed by atoms with E-state index in [9.17, 15) is 14.4 Å². The maximum absolute atomic E-state index is 12.7. The predicted octanol–water partition coefficient (Wildman–Crippen LogP) is 2.99. The number of rotatable bonds is 8. The molecule has 0 aliphatic carbocycles. The van der Waals surface area contributed by atoms with E-state index in [0.717, 1.165) is 17.5 Å². The van der Waals surface area contributed by atoms with Gasteiger partial charge in [-0.15, -0.1) is 0 Å². The summed E-state index contributed by atoms with van der Waals surface area (Å²) in [5, 5.41) is 9.19. The van der Waals surface area contributed by atoms with Crippen molar-refractivity contribution in [3.63, 3.8) is 0 Å². The zero-order valence-corrected chi connectivity index (χ0v) is 17.2. The van der Waals surface area contributed by atoms with Crippen LogP contribution >= 0.6 is 0 Å². The molecule has 1 heterocycles. The monoisotopic (exact) mass is 420 g/mol. The number of ether oxygens (including phenoxy) is 1. The van der Waals surface area contributed by atoms with E-state index in [0.29, 0.717) is 18.8 Å². The van der Waals surface area contributed by atoms with Gasteiger partial charge in [-0.05, 0) is 12.0 Å². The first-order chi connectivity index (χ1) is 15.1. The molecular formula is C23H24N4O4. The molecule has 0 unspecified atom stereocenters. The third-order valence-corrected chi connectivity index (χ3v) is 4.34. The molecule has 8 nitrogen and oxygen atoms in total. The number of carbonyl (C=O) groups excluding carboxylic acids is 3. The molecule has 0 aliphatic rings. The molecular weight excluding hydrogens is 396 g/mol. The van der Waals surface area contributed by atoms with E-state index in [-0.39, 0.29) is 5.56 Å². The van der Waals surface area contributed by atoms with Gasteiger partial charge in [0.15, 0.2) is 6.61 Å². The second-order valence-electron chi connectivity index (χ2n) is 6.82. The maximum atomic E-state index is 12.7. The third kappa shape index (κ3) is 6.27. The third-order valence-electron chi connectivity index (χ3n) is 4.34. The van der Waals surface area contributed by atoms with Crippen molar-refractivity contribution in [1.82, 2.24) is 20.4 Å². The van der Waals surface area contributed by atoms with Gasteiger partial charge in [0.1, 0.15) is 11.3 Å². The standard InChI is InChI=1S/C23H24N4O4/c1-2-13-24-23(30)25-20(28)16-31-22(29)19-15-27(14-17-9-5-3-6-10-17)26-21(19)18-11-7-4-8-12-18/h3-12,15H,2,13-14,16H2,1H3,(H2,24,25,28,30). The van der Waals surface area contributed by atoms with Crippen molar-refractivity contribution in [2.45, 2.75) is 19.9 Å². The van der Waals surface area contributed by atoms with Gasteiger partial charge in [0.25, 0.3) is 5.91 Å². The van der Waals surface area contributed by atoms with Crippen LogP contribution in [-0.4, -0.2) is 40.8 Å². The number of aromatic nitrogens is 2. The van der Waals surface area contributed by atoms with Crippen LogP contribution in [0.2, 0.25) is 0 Å². The number of hydrogen-bond acceptors (Lipinski definition) is 5. The molecule has 0 fully saturated rings. The van der Waals surface area contributed by atoms with E-state index in [1.54, 1.807) is 10.9 Å². The SMILES string of the molecule is CCCNC(=O)NC(=O)COC(=O)c1cn(Cc2ccccc2)nc1-c1ccccc1. The van der Waals surface area contributed by atoms with Crippen molar-refractivity contribution < 1.29 is 19.1 Å². The number of amides is 3. The summed E-state index contributed by atoms with van der Waals surface area (Å²) in [7, 11) is 0. The number of imide groups is 1. The molecule has 0 saturated heterocycles. The van der Waals surface area contributed by atoms with E-state index < -0.39 is 24.5 Å². The van der Waals surface area contributed by atoms with E-state index >= 15 is 0 Å². The van der Waals surface area contributed by atoms with E-state index in [4.69, 9.17) is 4.74 Å². The molecule has 3 rings (SSSR count). The number of esters is 1. The van der Waals surface area contributed by atoms with Crippen LogP contribution in [0.5, 0.6) is 0 Å². The highest BCUT2D eigenvalue weighted by molar-refractivity contribution is 5.99. The molecule has 31 heavy (non-hydrogen) atoms. The molecule has 1 aromatic heterocycles. The first kappa shape index (κ1) is 21.8. The minimum Gasteiger partial charge on any atom is -0.452 e. The van der Waals surface area contributed by atoms with Crippen LogP contribution < -0.4 is 10.6 Å². The zero-order chi connectivity index (χ0) is 22.1. The Kier molecular flexibility index (Phi) is 7.53. The van der Waals surface area contributed by atoms with Gasteiger partial charge in [0.05, 0.1) is 6.54 Å². The Balaban J connectivity index is 1.73. The highest BCUT2D eigenvalue weighted by Gasteiger charge is 2.20. The first-order valence-corrected chi connectivity index (χ1v) is 9.98. The van der Waals surface area contributed by atoms with Gasteiger partial charge in [-0.3, -0.25) is 14.8 Å². The number of benzene rings is 2. The van der Waals surface area contributed by atoms with Crippen LogP contribution in [0.3, 0.4) is 0 Å². The summed E-state index contributed by atoms with van der Waals surface area (Å²) in [6.45, 7) is 2.24. The number of nitrogens with zero attached hydrogens (tertiary/aromatic N) is 2. The Labute approximate surface area is 180 Å². The molecule has 2 N–H and O–H groups in total. The first-order valence-electron chi connectivity index (χ1n) is 9.98. The highest BCUT2D eigenvalue weighted by Crippen LogP contribution is 2.23. The summed E-state index contributed by atoms with van der Waals surface area (Å²) in [6.07, 6.45) is 2.34. The smallest absolute Gasteiger partial charge is 0.342 e. The Morgan fingerprint density at radius 2 is 1.68 bits per heavy atom. The van der Waals surface area contributed by atoms with Crippen LogP contribution in [0, 0.1) is 0 Å². The van der Waals surface area contributed by atoms with Crippen molar-refractivity contribution in [1.29, 1.82) is 0 Å². The Morgan fingerprint density at radius 1 is 1.00 bits per heavy atom. The van der Waals surface area contributed by atoms with Gasteiger partial charge in [0.2, 0.25) is 0 Å². The van der Waals surface area contributed by atoms with E-state index in [2.05, 4.69) is 15.7 Å². The maximum Gasteiger partial charge on any atom is 0.342 e. The quantitative estimate of drug-likeness (QED) is 0.546. The fourth-order valence-corrected chi connectivity index (χ4v) is 2.89. The molecule has 0 bridgehead atoms. The van der Waals surface area contributed by atoms with Crippen molar-refractivity contribution in [3.8, 4) is 11.3 Å². The van der Waals surface area contributed by atoms with Gasteiger partial charge in [-0.25, -0.2) is 9.59 Å². The Morgan fingerprint density at radius 3 is 2.35 bits per heavy atom. The fourth-order valence-electron chi connectivity index (χ4n) is 2.89. The average molecular weight is 420 g/mol. The van der Waals surface area contributed by atoms with Gasteiger partial charge < -0.3 is 10.1 Å². The lowest BCUT2D eigenvalue weighted by Crippen LogP contribution is -2.41. The minimum absolute atomic E-state index is 0.241. The van der Waals surface area contributed by atoms with E-state index in [1.807, 2.05) is 67.6 Å². The van der Waals surface area contributed by atoms with Crippen molar-refractivity contribution >= 4 is 17.9 Å². The van der Waals surface area contributed by atoms with Crippen molar-refractivity contribution in [3.05, 3.63) is 78.0 Å². The second-order valence-corrected chi connectivity index (χ2v) is 6.82. The van der Waals surface area contributed by atoms with Gasteiger partial charge in [-0.1, -0.05) is 67.6 Å². The molecule has 0 radical (unpaired) electrons. The topological polar surface area (TPSA) is 102 Å². The zero-order valence-electron chi connectivity index (χ0n) is 17.2. The average Bonchev–Trinajstić information content (AvgIpc) is 3.21. The Hall–Kier alpha value is -3.94. The van der Waals surface area contributed by atoms with Crippen molar-refractivity contribution in [2.24, 2.45) is 0 Å². The summed E-state index contributed by atoms with van der Waals surface area (Å²) < 4.78 is 6.80. The normalized spacial score (nSPS) is 10.4.